The Bertz CT molecular complexity index is 499. The maximum atomic E-state index is 12.3. The van der Waals surface area contributed by atoms with Crippen LogP contribution in [0.15, 0.2) is 35.3 Å². The smallest absolute Gasteiger partial charge is 0.255 e. The molecule has 7 heteroatoms. The van der Waals surface area contributed by atoms with E-state index in [2.05, 4.69) is 51.7 Å². The van der Waals surface area contributed by atoms with Crippen molar-refractivity contribution in [1.82, 2.24) is 15.5 Å². The van der Waals surface area contributed by atoms with Gasteiger partial charge in [-0.2, -0.15) is 0 Å². The number of rotatable bonds is 5. The van der Waals surface area contributed by atoms with Gasteiger partial charge < -0.3 is 10.6 Å². The number of halogens is 3. The monoisotopic (exact) mass is 452 g/mol. The van der Waals surface area contributed by atoms with Gasteiger partial charge in [-0.25, -0.2) is 8.78 Å². The minimum absolute atomic E-state index is 0. The molecule has 2 rings (SSSR count). The van der Waals surface area contributed by atoms with E-state index < -0.39 is 6.43 Å². The van der Waals surface area contributed by atoms with Crippen LogP contribution in [0.4, 0.5) is 8.78 Å². The first-order valence-corrected chi connectivity index (χ1v) is 8.11. The van der Waals surface area contributed by atoms with Crippen LogP contribution in [0.25, 0.3) is 0 Å². The molecule has 0 spiro atoms. The molecule has 1 saturated heterocycles. The normalized spacial score (nSPS) is 22.1. The van der Waals surface area contributed by atoms with Crippen LogP contribution >= 0.6 is 24.0 Å². The number of hydrogen-bond donors (Lipinski definition) is 2. The standard InChI is InChI=1S/C17H26F2N4.HI/c1-13-10-15(22-17(20-2)21-11-16(18)19)8-9-23(13)12-14-6-4-3-5-7-14;/h3-7,13,15-16H,8-12H2,1-2H3,(H2,20,21,22);1H. The molecule has 2 N–H and O–H groups in total. The van der Waals surface area contributed by atoms with Gasteiger partial charge in [0.1, 0.15) is 0 Å². The first-order chi connectivity index (χ1) is 11.1. The predicted molar refractivity (Wildman–Crippen MR) is 105 cm³/mol. The lowest BCUT2D eigenvalue weighted by Gasteiger charge is -2.38. The average molecular weight is 452 g/mol. The summed E-state index contributed by atoms with van der Waals surface area (Å²) in [6.45, 7) is 3.78. The van der Waals surface area contributed by atoms with Gasteiger partial charge in [0.25, 0.3) is 6.43 Å². The third-order valence-electron chi connectivity index (χ3n) is 4.23. The van der Waals surface area contributed by atoms with Gasteiger partial charge >= 0.3 is 0 Å². The second kappa shape index (κ2) is 10.8. The van der Waals surface area contributed by atoms with E-state index in [9.17, 15) is 8.78 Å². The molecule has 136 valence electrons. The van der Waals surface area contributed by atoms with Crippen molar-refractivity contribution in [2.45, 2.75) is 44.8 Å². The lowest BCUT2D eigenvalue weighted by Crippen LogP contribution is -2.51. The van der Waals surface area contributed by atoms with Crippen LogP contribution in [-0.4, -0.2) is 49.5 Å². The summed E-state index contributed by atoms with van der Waals surface area (Å²) in [5.41, 5.74) is 1.32. The van der Waals surface area contributed by atoms with Crippen LogP contribution in [-0.2, 0) is 6.54 Å². The second-order valence-corrected chi connectivity index (χ2v) is 6.01. The number of nitrogens with zero attached hydrogens (tertiary/aromatic N) is 2. The van der Waals surface area contributed by atoms with Gasteiger partial charge in [0.05, 0.1) is 6.54 Å². The van der Waals surface area contributed by atoms with Crippen molar-refractivity contribution in [2.24, 2.45) is 4.99 Å². The van der Waals surface area contributed by atoms with Crippen molar-refractivity contribution in [3.8, 4) is 0 Å². The van der Waals surface area contributed by atoms with E-state index in [1.807, 2.05) is 6.07 Å². The number of benzene rings is 1. The van der Waals surface area contributed by atoms with E-state index in [4.69, 9.17) is 0 Å². The maximum absolute atomic E-state index is 12.3. The number of hydrogen-bond acceptors (Lipinski definition) is 2. The summed E-state index contributed by atoms with van der Waals surface area (Å²) in [4.78, 5) is 6.47. The quantitative estimate of drug-likeness (QED) is 0.410. The van der Waals surface area contributed by atoms with Crippen LogP contribution in [0.3, 0.4) is 0 Å². The Morgan fingerprint density at radius 3 is 2.62 bits per heavy atom. The van der Waals surface area contributed by atoms with Crippen LogP contribution < -0.4 is 10.6 Å². The largest absolute Gasteiger partial charge is 0.354 e. The van der Waals surface area contributed by atoms with Crippen molar-refractivity contribution in [3.63, 3.8) is 0 Å². The molecule has 2 unspecified atom stereocenters. The Morgan fingerprint density at radius 2 is 2.04 bits per heavy atom. The van der Waals surface area contributed by atoms with Crippen LogP contribution in [0.2, 0.25) is 0 Å². The summed E-state index contributed by atoms with van der Waals surface area (Å²) in [6, 6.07) is 11.2. The van der Waals surface area contributed by atoms with Crippen molar-refractivity contribution in [1.29, 1.82) is 0 Å². The third-order valence-corrected chi connectivity index (χ3v) is 4.23. The van der Waals surface area contributed by atoms with Gasteiger partial charge in [-0.3, -0.25) is 9.89 Å². The van der Waals surface area contributed by atoms with Crippen LogP contribution in [0.5, 0.6) is 0 Å². The molecule has 0 radical (unpaired) electrons. The van der Waals surface area contributed by atoms with Crippen molar-refractivity contribution in [2.75, 3.05) is 20.1 Å². The van der Waals surface area contributed by atoms with E-state index in [0.717, 1.165) is 25.9 Å². The van der Waals surface area contributed by atoms with Gasteiger partial charge in [-0.05, 0) is 25.3 Å². The van der Waals surface area contributed by atoms with E-state index in [-0.39, 0.29) is 36.6 Å². The highest BCUT2D eigenvalue weighted by molar-refractivity contribution is 14.0. The first-order valence-electron chi connectivity index (χ1n) is 8.11. The molecule has 1 fully saturated rings. The molecular weight excluding hydrogens is 425 g/mol. The summed E-state index contributed by atoms with van der Waals surface area (Å²) in [5, 5.41) is 5.91. The summed E-state index contributed by atoms with van der Waals surface area (Å²) >= 11 is 0. The van der Waals surface area contributed by atoms with Crippen molar-refractivity contribution in [3.05, 3.63) is 35.9 Å². The molecule has 0 aliphatic carbocycles. The number of likely N-dealkylation sites (tertiary alicyclic amines) is 1. The molecule has 1 aromatic carbocycles. The average Bonchev–Trinajstić information content (AvgIpc) is 2.54. The SMILES string of the molecule is CN=C(NCC(F)F)NC1CCN(Cc2ccccc2)C(C)C1.I. The summed E-state index contributed by atoms with van der Waals surface area (Å²) < 4.78 is 24.6. The number of piperidine rings is 1. The molecular formula is C17H27F2IN4. The number of nitrogens with one attached hydrogen (secondary N) is 2. The maximum Gasteiger partial charge on any atom is 0.255 e. The lowest BCUT2D eigenvalue weighted by atomic mass is 9.97. The molecule has 1 aromatic rings. The molecule has 1 heterocycles. The van der Waals surface area contributed by atoms with E-state index >= 15 is 0 Å². The van der Waals surface area contributed by atoms with Gasteiger partial charge in [-0.1, -0.05) is 30.3 Å². The second-order valence-electron chi connectivity index (χ2n) is 6.01. The molecule has 1 aliphatic heterocycles. The minimum atomic E-state index is -2.37. The Labute approximate surface area is 160 Å². The molecule has 0 amide bonds. The molecule has 24 heavy (non-hydrogen) atoms. The molecule has 4 nitrogen and oxygen atoms in total. The zero-order valence-corrected chi connectivity index (χ0v) is 16.5. The van der Waals surface area contributed by atoms with Gasteiger partial charge in [0, 0.05) is 32.2 Å². The lowest BCUT2D eigenvalue weighted by molar-refractivity contribution is 0.133. The number of aliphatic imine (C=N–C) groups is 1. The highest BCUT2D eigenvalue weighted by Crippen LogP contribution is 2.19. The molecule has 2 atom stereocenters. The minimum Gasteiger partial charge on any atom is -0.354 e. The van der Waals surface area contributed by atoms with E-state index in [1.165, 1.54) is 5.56 Å². The molecule has 1 aliphatic rings. The zero-order chi connectivity index (χ0) is 16.7. The topological polar surface area (TPSA) is 39.7 Å². The molecule has 0 aromatic heterocycles. The van der Waals surface area contributed by atoms with Crippen LogP contribution in [0, 0.1) is 0 Å². The predicted octanol–water partition coefficient (Wildman–Crippen LogP) is 3.09. The Balaban J connectivity index is 0.00000288. The summed E-state index contributed by atoms with van der Waals surface area (Å²) in [6.07, 6.45) is -0.422. The first kappa shape index (κ1) is 21.1. The Hall–Kier alpha value is -0.960. The zero-order valence-electron chi connectivity index (χ0n) is 14.2. The third kappa shape index (κ3) is 6.88. The van der Waals surface area contributed by atoms with Gasteiger partial charge in [0.2, 0.25) is 0 Å². The summed E-state index contributed by atoms with van der Waals surface area (Å²) in [5.74, 6) is 0.457. The Kier molecular flexibility index (Phi) is 9.50. The highest BCUT2D eigenvalue weighted by Gasteiger charge is 2.26. The fraction of sp³-hybridized carbons (Fsp3) is 0.588. The summed E-state index contributed by atoms with van der Waals surface area (Å²) in [7, 11) is 1.61. The van der Waals surface area contributed by atoms with Crippen molar-refractivity contribution < 1.29 is 8.78 Å². The van der Waals surface area contributed by atoms with Gasteiger partial charge in [-0.15, -0.1) is 24.0 Å². The van der Waals surface area contributed by atoms with E-state index in [0.29, 0.717) is 12.0 Å². The van der Waals surface area contributed by atoms with Crippen molar-refractivity contribution >= 4 is 29.9 Å². The van der Waals surface area contributed by atoms with Gasteiger partial charge in [0.15, 0.2) is 5.96 Å². The number of guanidine groups is 1. The van der Waals surface area contributed by atoms with E-state index in [1.54, 1.807) is 7.05 Å². The Morgan fingerprint density at radius 1 is 1.33 bits per heavy atom. The fourth-order valence-corrected chi connectivity index (χ4v) is 2.97. The highest BCUT2D eigenvalue weighted by atomic mass is 127. The number of alkyl halides is 2. The van der Waals surface area contributed by atoms with Crippen LogP contribution in [0.1, 0.15) is 25.3 Å². The fourth-order valence-electron chi connectivity index (χ4n) is 2.97. The molecule has 0 bridgehead atoms. The molecule has 0 saturated carbocycles.